The van der Waals surface area contributed by atoms with Crippen LogP contribution in [0.1, 0.15) is 36.3 Å². The molecule has 1 aromatic rings. The quantitative estimate of drug-likeness (QED) is 0.738. The van der Waals surface area contributed by atoms with E-state index >= 15 is 0 Å². The summed E-state index contributed by atoms with van der Waals surface area (Å²) in [6.45, 7) is 2.00. The van der Waals surface area contributed by atoms with Gasteiger partial charge in [0.2, 0.25) is 0 Å². The summed E-state index contributed by atoms with van der Waals surface area (Å²) in [5.41, 5.74) is 2.08. The predicted molar refractivity (Wildman–Crippen MR) is 54.4 cm³/mol. The Morgan fingerprint density at radius 1 is 1.43 bits per heavy atom. The molecular weight excluding hydrogens is 176 g/mol. The molecule has 0 saturated heterocycles. The van der Waals surface area contributed by atoms with Crippen LogP contribution < -0.4 is 0 Å². The number of Topliss-reactive ketones (excluding diaryl/α,β-unsaturated/α-hetero) is 1. The third-order valence-corrected chi connectivity index (χ3v) is 2.87. The fraction of sp³-hybridized carbons (Fsp3) is 0.417. The van der Waals surface area contributed by atoms with E-state index in [1.165, 1.54) is 0 Å². The number of carbonyl (C=O) groups is 1. The number of phenolic OH excluding ortho intramolecular Hbond substituents is 1. The minimum absolute atomic E-state index is 0.238. The van der Waals surface area contributed by atoms with E-state index in [1.807, 2.05) is 19.1 Å². The molecule has 2 nitrogen and oxygen atoms in total. The second-order valence-corrected chi connectivity index (χ2v) is 4.04. The first kappa shape index (κ1) is 9.25. The number of aryl methyl sites for hydroxylation is 1. The Hall–Kier alpha value is -1.31. The highest BCUT2D eigenvalue weighted by Crippen LogP contribution is 2.36. The van der Waals surface area contributed by atoms with Gasteiger partial charge in [-0.05, 0) is 30.9 Å². The third-order valence-electron chi connectivity index (χ3n) is 2.87. The molecule has 1 unspecified atom stereocenters. The van der Waals surface area contributed by atoms with E-state index in [0.29, 0.717) is 24.4 Å². The summed E-state index contributed by atoms with van der Waals surface area (Å²) in [6, 6.07) is 5.58. The van der Waals surface area contributed by atoms with Crippen molar-refractivity contribution in [3.8, 4) is 5.75 Å². The van der Waals surface area contributed by atoms with Crippen molar-refractivity contribution in [3.63, 3.8) is 0 Å². The van der Waals surface area contributed by atoms with Crippen LogP contribution in [0.25, 0.3) is 0 Å². The van der Waals surface area contributed by atoms with Gasteiger partial charge in [-0.2, -0.15) is 0 Å². The van der Waals surface area contributed by atoms with Crippen LogP contribution >= 0.6 is 0 Å². The van der Waals surface area contributed by atoms with Crippen molar-refractivity contribution in [1.82, 2.24) is 0 Å². The highest BCUT2D eigenvalue weighted by molar-refractivity contribution is 5.81. The van der Waals surface area contributed by atoms with Crippen molar-refractivity contribution < 1.29 is 9.90 Å². The van der Waals surface area contributed by atoms with Crippen molar-refractivity contribution in [2.45, 2.75) is 32.1 Å². The van der Waals surface area contributed by atoms with E-state index in [0.717, 1.165) is 17.5 Å². The van der Waals surface area contributed by atoms with Gasteiger partial charge in [0.1, 0.15) is 11.5 Å². The van der Waals surface area contributed by atoms with Crippen molar-refractivity contribution in [2.24, 2.45) is 0 Å². The Kier molecular flexibility index (Phi) is 2.28. The topological polar surface area (TPSA) is 37.3 Å². The Labute approximate surface area is 83.6 Å². The second kappa shape index (κ2) is 3.45. The van der Waals surface area contributed by atoms with E-state index < -0.39 is 0 Å². The van der Waals surface area contributed by atoms with E-state index in [4.69, 9.17) is 0 Å². The SMILES string of the molecule is Cc1ccc(O)c(C2CCC(=O)C2)c1. The Bertz CT molecular complexity index is 369. The van der Waals surface area contributed by atoms with Crippen molar-refractivity contribution in [2.75, 3.05) is 0 Å². The zero-order chi connectivity index (χ0) is 10.1. The van der Waals surface area contributed by atoms with Crippen LogP contribution in [0.4, 0.5) is 0 Å². The first-order chi connectivity index (χ1) is 6.66. The van der Waals surface area contributed by atoms with Gasteiger partial charge < -0.3 is 5.11 Å². The Morgan fingerprint density at radius 3 is 2.86 bits per heavy atom. The van der Waals surface area contributed by atoms with Gasteiger partial charge in [-0.15, -0.1) is 0 Å². The van der Waals surface area contributed by atoms with E-state index in [1.54, 1.807) is 6.07 Å². The summed E-state index contributed by atoms with van der Waals surface area (Å²) in [5, 5.41) is 9.67. The van der Waals surface area contributed by atoms with Crippen LogP contribution in [-0.4, -0.2) is 10.9 Å². The lowest BCUT2D eigenvalue weighted by molar-refractivity contribution is -0.117. The zero-order valence-electron chi connectivity index (χ0n) is 8.29. The molecular formula is C12H14O2. The highest BCUT2D eigenvalue weighted by Gasteiger charge is 2.25. The van der Waals surface area contributed by atoms with Gasteiger partial charge in [-0.25, -0.2) is 0 Å². The maximum atomic E-state index is 11.1. The van der Waals surface area contributed by atoms with Crippen LogP contribution in [0.5, 0.6) is 5.75 Å². The molecule has 2 rings (SSSR count). The highest BCUT2D eigenvalue weighted by atomic mass is 16.3. The van der Waals surface area contributed by atoms with Gasteiger partial charge in [0.05, 0.1) is 0 Å². The molecule has 74 valence electrons. The summed E-state index contributed by atoms with van der Waals surface area (Å²) in [6.07, 6.45) is 2.14. The van der Waals surface area contributed by atoms with Crippen LogP contribution in [0, 0.1) is 6.92 Å². The van der Waals surface area contributed by atoms with Crippen LogP contribution in [0.15, 0.2) is 18.2 Å². The number of hydrogen-bond acceptors (Lipinski definition) is 2. The lowest BCUT2D eigenvalue weighted by Gasteiger charge is -2.11. The number of rotatable bonds is 1. The molecule has 0 aromatic heterocycles. The van der Waals surface area contributed by atoms with Gasteiger partial charge in [-0.3, -0.25) is 4.79 Å². The molecule has 1 aromatic carbocycles. The molecule has 0 spiro atoms. The molecule has 0 bridgehead atoms. The lowest BCUT2D eigenvalue weighted by atomic mass is 9.95. The van der Waals surface area contributed by atoms with Gasteiger partial charge in [0.15, 0.2) is 0 Å². The smallest absolute Gasteiger partial charge is 0.133 e. The number of ketones is 1. The molecule has 0 radical (unpaired) electrons. The van der Waals surface area contributed by atoms with Crippen LogP contribution in [-0.2, 0) is 4.79 Å². The molecule has 0 aliphatic heterocycles. The second-order valence-electron chi connectivity index (χ2n) is 4.04. The molecule has 2 heteroatoms. The molecule has 0 amide bonds. The first-order valence-corrected chi connectivity index (χ1v) is 4.98. The summed E-state index contributed by atoms with van der Waals surface area (Å²) >= 11 is 0. The van der Waals surface area contributed by atoms with Crippen LogP contribution in [0.2, 0.25) is 0 Å². The number of carbonyl (C=O) groups excluding carboxylic acids is 1. The standard InChI is InChI=1S/C12H14O2/c1-8-2-5-12(14)11(6-8)9-3-4-10(13)7-9/h2,5-6,9,14H,3-4,7H2,1H3. The molecule has 1 aliphatic carbocycles. The number of aromatic hydroxyl groups is 1. The molecule has 1 N–H and O–H groups in total. The van der Waals surface area contributed by atoms with Crippen molar-refractivity contribution >= 4 is 5.78 Å². The fourth-order valence-corrected chi connectivity index (χ4v) is 2.08. The van der Waals surface area contributed by atoms with Gasteiger partial charge in [0, 0.05) is 12.8 Å². The number of benzene rings is 1. The predicted octanol–water partition coefficient (Wildman–Crippen LogP) is 2.54. The van der Waals surface area contributed by atoms with Gasteiger partial charge in [-0.1, -0.05) is 17.7 Å². The molecule has 14 heavy (non-hydrogen) atoms. The van der Waals surface area contributed by atoms with E-state index in [2.05, 4.69) is 0 Å². The fourth-order valence-electron chi connectivity index (χ4n) is 2.08. The summed E-state index contributed by atoms with van der Waals surface area (Å²) in [7, 11) is 0. The average molecular weight is 190 g/mol. The van der Waals surface area contributed by atoms with E-state index in [9.17, 15) is 9.90 Å². The first-order valence-electron chi connectivity index (χ1n) is 4.98. The number of hydrogen-bond donors (Lipinski definition) is 1. The van der Waals surface area contributed by atoms with Gasteiger partial charge in [0.25, 0.3) is 0 Å². The largest absolute Gasteiger partial charge is 0.508 e. The molecule has 1 saturated carbocycles. The lowest BCUT2D eigenvalue weighted by Crippen LogP contribution is -1.95. The minimum Gasteiger partial charge on any atom is -0.508 e. The normalized spacial score (nSPS) is 21.5. The van der Waals surface area contributed by atoms with Gasteiger partial charge >= 0.3 is 0 Å². The molecule has 1 aliphatic rings. The van der Waals surface area contributed by atoms with Crippen molar-refractivity contribution in [3.05, 3.63) is 29.3 Å². The third kappa shape index (κ3) is 1.65. The number of phenols is 1. The zero-order valence-corrected chi connectivity index (χ0v) is 8.29. The van der Waals surface area contributed by atoms with E-state index in [-0.39, 0.29) is 5.92 Å². The summed E-state index contributed by atoms with van der Waals surface area (Å²) in [5.74, 6) is 0.883. The monoisotopic (exact) mass is 190 g/mol. The summed E-state index contributed by atoms with van der Waals surface area (Å²) < 4.78 is 0. The minimum atomic E-state index is 0.238. The maximum absolute atomic E-state index is 11.1. The van der Waals surface area contributed by atoms with Crippen molar-refractivity contribution in [1.29, 1.82) is 0 Å². The molecule has 1 fully saturated rings. The van der Waals surface area contributed by atoms with Crippen LogP contribution in [0.3, 0.4) is 0 Å². The molecule has 1 atom stereocenters. The Balaban J connectivity index is 2.31. The average Bonchev–Trinajstić information content (AvgIpc) is 2.56. The molecule has 0 heterocycles. The Morgan fingerprint density at radius 2 is 2.21 bits per heavy atom. The summed E-state index contributed by atoms with van der Waals surface area (Å²) in [4.78, 5) is 11.1. The maximum Gasteiger partial charge on any atom is 0.133 e.